The van der Waals surface area contributed by atoms with Crippen LogP contribution in [0.5, 0.6) is 0 Å². The quantitative estimate of drug-likeness (QED) is 0.431. The van der Waals surface area contributed by atoms with Gasteiger partial charge in [-0.3, -0.25) is 4.79 Å². The van der Waals surface area contributed by atoms with Crippen LogP contribution in [-0.2, 0) is 0 Å². The highest BCUT2D eigenvalue weighted by Crippen LogP contribution is 2.36. The fourth-order valence-corrected chi connectivity index (χ4v) is 3.48. The molecule has 96 valence electrons. The van der Waals surface area contributed by atoms with Gasteiger partial charge in [-0.1, -0.05) is 17.7 Å². The third-order valence-electron chi connectivity index (χ3n) is 3.01. The molecule has 0 saturated carbocycles. The van der Waals surface area contributed by atoms with Gasteiger partial charge in [0.1, 0.15) is 0 Å². The second kappa shape index (κ2) is 4.51. The summed E-state index contributed by atoms with van der Waals surface area (Å²) < 4.78 is 1.45. The summed E-state index contributed by atoms with van der Waals surface area (Å²) in [6.07, 6.45) is 0. The predicted octanol–water partition coefficient (Wildman–Crippen LogP) is 4.44. The first kappa shape index (κ1) is 13.0. The van der Waals surface area contributed by atoms with Crippen molar-refractivity contribution in [1.29, 1.82) is 0 Å². The normalized spacial score (nSPS) is 11.3. The standard InChI is InChI=1S/C13H7Br2ClN2O/c14-9-4-7-6-2-1-5(16)3-8(6)13(19)18-12(7)10(15)11(9)17/h1-4H,17H2,(H,18,19). The van der Waals surface area contributed by atoms with Gasteiger partial charge in [0, 0.05) is 20.3 Å². The molecule has 19 heavy (non-hydrogen) atoms. The van der Waals surface area contributed by atoms with Crippen LogP contribution in [0.4, 0.5) is 5.69 Å². The Kier molecular flexibility index (Phi) is 3.08. The van der Waals surface area contributed by atoms with Crippen LogP contribution >= 0.6 is 43.5 Å². The van der Waals surface area contributed by atoms with Crippen LogP contribution in [0.3, 0.4) is 0 Å². The molecule has 0 fully saturated rings. The van der Waals surface area contributed by atoms with Gasteiger partial charge in [0.15, 0.2) is 0 Å². The fourth-order valence-electron chi connectivity index (χ4n) is 2.09. The largest absolute Gasteiger partial charge is 0.397 e. The van der Waals surface area contributed by atoms with Crippen molar-refractivity contribution in [3.63, 3.8) is 0 Å². The van der Waals surface area contributed by atoms with Gasteiger partial charge in [-0.15, -0.1) is 0 Å². The lowest BCUT2D eigenvalue weighted by Crippen LogP contribution is -2.07. The molecule has 3 nitrogen and oxygen atoms in total. The minimum Gasteiger partial charge on any atom is -0.397 e. The van der Waals surface area contributed by atoms with E-state index in [1.165, 1.54) is 0 Å². The Morgan fingerprint density at radius 2 is 1.84 bits per heavy atom. The van der Waals surface area contributed by atoms with Gasteiger partial charge in [0.05, 0.1) is 15.7 Å². The Morgan fingerprint density at radius 3 is 2.58 bits per heavy atom. The van der Waals surface area contributed by atoms with E-state index in [0.717, 1.165) is 15.2 Å². The zero-order valence-corrected chi connectivity index (χ0v) is 13.4. The van der Waals surface area contributed by atoms with Gasteiger partial charge in [-0.25, -0.2) is 0 Å². The predicted molar refractivity (Wildman–Crippen MR) is 86.9 cm³/mol. The van der Waals surface area contributed by atoms with E-state index in [2.05, 4.69) is 36.8 Å². The zero-order chi connectivity index (χ0) is 13.7. The molecule has 0 radical (unpaired) electrons. The topological polar surface area (TPSA) is 58.9 Å². The van der Waals surface area contributed by atoms with Gasteiger partial charge < -0.3 is 10.7 Å². The average molecular weight is 402 g/mol. The Balaban J connectivity index is 2.65. The highest BCUT2D eigenvalue weighted by molar-refractivity contribution is 9.11. The molecule has 0 aliphatic heterocycles. The molecule has 0 amide bonds. The monoisotopic (exact) mass is 400 g/mol. The summed E-state index contributed by atoms with van der Waals surface area (Å²) >= 11 is 12.8. The molecule has 0 unspecified atom stereocenters. The van der Waals surface area contributed by atoms with Crippen molar-refractivity contribution in [3.8, 4) is 0 Å². The van der Waals surface area contributed by atoms with E-state index in [-0.39, 0.29) is 5.56 Å². The number of hydrogen-bond donors (Lipinski definition) is 2. The van der Waals surface area contributed by atoms with Crippen LogP contribution in [0, 0.1) is 0 Å². The number of aromatic nitrogens is 1. The van der Waals surface area contributed by atoms with Crippen LogP contribution in [-0.4, -0.2) is 4.98 Å². The van der Waals surface area contributed by atoms with Gasteiger partial charge in [-0.2, -0.15) is 0 Å². The van der Waals surface area contributed by atoms with Crippen LogP contribution in [0.15, 0.2) is 38.0 Å². The summed E-state index contributed by atoms with van der Waals surface area (Å²) in [5, 5.41) is 2.83. The Morgan fingerprint density at radius 1 is 1.11 bits per heavy atom. The molecule has 0 atom stereocenters. The third-order valence-corrected chi connectivity index (χ3v) is 4.72. The molecule has 3 aromatic rings. The van der Waals surface area contributed by atoms with Crippen LogP contribution < -0.4 is 11.3 Å². The average Bonchev–Trinajstić information content (AvgIpc) is 2.38. The number of rotatable bonds is 0. The number of anilines is 1. The van der Waals surface area contributed by atoms with Crippen molar-refractivity contribution < 1.29 is 0 Å². The van der Waals surface area contributed by atoms with E-state index in [4.69, 9.17) is 17.3 Å². The number of nitrogen functional groups attached to an aromatic ring is 1. The molecular weight excluding hydrogens is 395 g/mol. The van der Waals surface area contributed by atoms with Gasteiger partial charge in [0.2, 0.25) is 0 Å². The fraction of sp³-hybridized carbons (Fsp3) is 0. The number of nitrogens with one attached hydrogen (secondary N) is 1. The van der Waals surface area contributed by atoms with Crippen molar-refractivity contribution in [2.45, 2.75) is 0 Å². The molecule has 0 saturated heterocycles. The smallest absolute Gasteiger partial charge is 0.256 e. The number of benzene rings is 2. The number of pyridine rings is 1. The molecule has 0 spiro atoms. The molecule has 0 aliphatic carbocycles. The molecule has 3 N–H and O–H groups in total. The van der Waals surface area contributed by atoms with E-state index in [1.807, 2.05) is 12.1 Å². The summed E-state index contributed by atoms with van der Waals surface area (Å²) in [7, 11) is 0. The Bertz CT molecular complexity index is 889. The molecule has 1 aromatic heterocycles. The second-order valence-corrected chi connectivity index (χ2v) is 6.24. The first-order chi connectivity index (χ1) is 8.99. The molecule has 3 rings (SSSR count). The second-order valence-electron chi connectivity index (χ2n) is 4.15. The van der Waals surface area contributed by atoms with E-state index < -0.39 is 0 Å². The minimum absolute atomic E-state index is 0.188. The SMILES string of the molecule is Nc1c(Br)cc2c([nH]c(=O)c3cc(Cl)ccc32)c1Br. The van der Waals surface area contributed by atoms with E-state index in [9.17, 15) is 4.79 Å². The number of fused-ring (bicyclic) bond motifs is 3. The summed E-state index contributed by atoms with van der Waals surface area (Å²) in [6.45, 7) is 0. The summed E-state index contributed by atoms with van der Waals surface area (Å²) in [5.41, 5.74) is 6.98. The van der Waals surface area contributed by atoms with Gasteiger partial charge in [0.25, 0.3) is 5.56 Å². The molecular formula is C13H7Br2ClN2O. The lowest BCUT2D eigenvalue weighted by Gasteiger charge is -2.09. The van der Waals surface area contributed by atoms with E-state index in [0.29, 0.717) is 26.1 Å². The van der Waals surface area contributed by atoms with Crippen LogP contribution in [0.2, 0.25) is 5.02 Å². The number of aromatic amines is 1. The Hall–Kier alpha value is -1.04. The van der Waals surface area contributed by atoms with E-state index >= 15 is 0 Å². The minimum atomic E-state index is -0.188. The molecule has 6 heteroatoms. The molecule has 2 aromatic carbocycles. The number of nitrogens with two attached hydrogens (primary N) is 1. The highest BCUT2D eigenvalue weighted by atomic mass is 79.9. The van der Waals surface area contributed by atoms with Crippen molar-refractivity contribution in [2.75, 3.05) is 5.73 Å². The third kappa shape index (κ3) is 1.96. The molecule has 0 bridgehead atoms. The number of H-pyrrole nitrogens is 1. The first-order valence-corrected chi connectivity index (χ1v) is 7.34. The highest BCUT2D eigenvalue weighted by Gasteiger charge is 2.12. The number of hydrogen-bond acceptors (Lipinski definition) is 2. The number of halogens is 3. The van der Waals surface area contributed by atoms with Crippen molar-refractivity contribution in [2.24, 2.45) is 0 Å². The molecule has 0 aliphatic rings. The van der Waals surface area contributed by atoms with Crippen LogP contribution in [0.1, 0.15) is 0 Å². The molecule has 1 heterocycles. The van der Waals surface area contributed by atoms with E-state index in [1.54, 1.807) is 12.1 Å². The maximum Gasteiger partial charge on any atom is 0.256 e. The van der Waals surface area contributed by atoms with Crippen molar-refractivity contribution in [1.82, 2.24) is 4.98 Å². The van der Waals surface area contributed by atoms with Crippen molar-refractivity contribution in [3.05, 3.63) is 48.6 Å². The van der Waals surface area contributed by atoms with Crippen LogP contribution in [0.25, 0.3) is 21.7 Å². The first-order valence-electron chi connectivity index (χ1n) is 5.38. The summed E-state index contributed by atoms with van der Waals surface area (Å²) in [5.74, 6) is 0. The van der Waals surface area contributed by atoms with Gasteiger partial charge >= 0.3 is 0 Å². The lowest BCUT2D eigenvalue weighted by molar-refractivity contribution is 1.33. The van der Waals surface area contributed by atoms with Gasteiger partial charge in [-0.05, 0) is 55.4 Å². The maximum atomic E-state index is 12.1. The maximum absolute atomic E-state index is 12.1. The summed E-state index contributed by atoms with van der Waals surface area (Å²) in [6, 6.07) is 7.15. The lowest BCUT2D eigenvalue weighted by atomic mass is 10.1. The summed E-state index contributed by atoms with van der Waals surface area (Å²) in [4.78, 5) is 14.9. The van der Waals surface area contributed by atoms with Crippen molar-refractivity contribution >= 4 is 70.8 Å². The zero-order valence-electron chi connectivity index (χ0n) is 9.43. The Labute approximate surface area is 130 Å².